The van der Waals surface area contributed by atoms with Gasteiger partial charge in [-0.1, -0.05) is 18.2 Å². The number of ether oxygens (including phenoxy) is 3. The average molecular weight is 645 g/mol. The van der Waals surface area contributed by atoms with Crippen molar-refractivity contribution in [2.75, 3.05) is 40.0 Å². The summed E-state index contributed by atoms with van der Waals surface area (Å²) in [7, 11) is 1.58. The second-order valence-corrected chi connectivity index (χ2v) is 11.1. The summed E-state index contributed by atoms with van der Waals surface area (Å²) in [5.41, 5.74) is 5.98. The number of likely N-dealkylation sites (tertiary alicyclic amines) is 1. The summed E-state index contributed by atoms with van der Waals surface area (Å²) in [6.07, 6.45) is 0.364. The fraction of sp³-hybridized carbons (Fsp3) is 0.429. The lowest BCUT2D eigenvalue weighted by Gasteiger charge is -2.19. The molecule has 0 aliphatic carbocycles. The second kappa shape index (κ2) is 18.8. The molecule has 250 valence electrons. The van der Waals surface area contributed by atoms with Gasteiger partial charge in [-0.3, -0.25) is 9.59 Å². The van der Waals surface area contributed by atoms with E-state index in [1.54, 1.807) is 31.4 Å². The van der Waals surface area contributed by atoms with Gasteiger partial charge in [0.15, 0.2) is 5.78 Å². The first-order valence-electron chi connectivity index (χ1n) is 15.4. The first-order chi connectivity index (χ1) is 22.0. The van der Waals surface area contributed by atoms with Crippen molar-refractivity contribution in [3.8, 4) is 17.2 Å². The highest BCUT2D eigenvalue weighted by atomic mass is 19.4. The molecule has 0 radical (unpaired) electrons. The van der Waals surface area contributed by atoms with E-state index in [1.165, 1.54) is 25.0 Å². The van der Waals surface area contributed by atoms with Gasteiger partial charge in [-0.2, -0.15) is 13.2 Å². The van der Waals surface area contributed by atoms with Crippen LogP contribution in [0.25, 0.3) is 0 Å². The molecule has 0 bridgehead atoms. The number of aliphatic hydroxyl groups is 1. The van der Waals surface area contributed by atoms with Crippen LogP contribution in [0.5, 0.6) is 17.2 Å². The van der Waals surface area contributed by atoms with Gasteiger partial charge in [0.2, 0.25) is 5.91 Å². The molecule has 1 aliphatic heterocycles. The highest BCUT2D eigenvalue weighted by molar-refractivity contribution is 5.96. The van der Waals surface area contributed by atoms with E-state index >= 15 is 0 Å². The fourth-order valence-electron chi connectivity index (χ4n) is 4.91. The number of unbranched alkanes of at least 4 members (excludes halogenated alkanes) is 1. The minimum absolute atomic E-state index is 0.0807. The van der Waals surface area contributed by atoms with E-state index in [1.807, 2.05) is 24.3 Å². The number of hydrogen-bond donors (Lipinski definition) is 2. The Kier molecular flexibility index (Phi) is 14.8. The molecule has 0 aromatic heterocycles. The van der Waals surface area contributed by atoms with Gasteiger partial charge >= 0.3 is 6.18 Å². The van der Waals surface area contributed by atoms with Crippen molar-refractivity contribution in [3.63, 3.8) is 0 Å². The Labute approximate surface area is 268 Å². The van der Waals surface area contributed by atoms with Crippen LogP contribution in [0.15, 0.2) is 72.8 Å². The molecule has 3 aromatic carbocycles. The van der Waals surface area contributed by atoms with Crippen LogP contribution in [0.3, 0.4) is 0 Å². The summed E-state index contributed by atoms with van der Waals surface area (Å²) in [5, 5.41) is 10.2. The molecule has 1 atom stereocenters. The molecule has 4 rings (SSSR count). The van der Waals surface area contributed by atoms with Gasteiger partial charge in [0, 0.05) is 24.9 Å². The molecule has 1 fully saturated rings. The van der Waals surface area contributed by atoms with E-state index < -0.39 is 11.7 Å². The van der Waals surface area contributed by atoms with Crippen LogP contribution in [0, 0.1) is 0 Å². The molecular formula is C35H43F3N2O6. The zero-order valence-corrected chi connectivity index (χ0v) is 26.1. The maximum atomic E-state index is 12.7. The Hall–Kier alpha value is -4.09. The third-order valence-electron chi connectivity index (χ3n) is 7.33. The number of halogens is 3. The molecular weight excluding hydrogens is 601 g/mol. The van der Waals surface area contributed by atoms with E-state index in [4.69, 9.17) is 19.9 Å². The quantitative estimate of drug-likeness (QED) is 0.144. The van der Waals surface area contributed by atoms with Crippen molar-refractivity contribution in [1.82, 2.24) is 4.90 Å². The lowest BCUT2D eigenvalue weighted by Crippen LogP contribution is -2.31. The van der Waals surface area contributed by atoms with Crippen LogP contribution in [0.1, 0.15) is 60.0 Å². The predicted octanol–water partition coefficient (Wildman–Crippen LogP) is 6.09. The van der Waals surface area contributed by atoms with Gasteiger partial charge in [0.05, 0.1) is 18.8 Å². The van der Waals surface area contributed by atoms with Crippen molar-refractivity contribution in [2.45, 2.75) is 57.2 Å². The number of nitrogens with zero attached hydrogens (tertiary/aromatic N) is 1. The monoisotopic (exact) mass is 644 g/mol. The molecule has 46 heavy (non-hydrogen) atoms. The summed E-state index contributed by atoms with van der Waals surface area (Å²) in [5.74, 6) is 1.30. The summed E-state index contributed by atoms with van der Waals surface area (Å²) < 4.78 is 54.0. The fourth-order valence-corrected chi connectivity index (χ4v) is 4.91. The van der Waals surface area contributed by atoms with Gasteiger partial charge in [0.1, 0.15) is 30.5 Å². The van der Waals surface area contributed by atoms with Crippen molar-refractivity contribution in [2.24, 2.45) is 5.73 Å². The zero-order chi connectivity index (χ0) is 33.4. The SMILES string of the molecule is COc1ccc(C(=O)CCCCC(N)=O)cc1.OC(Cc1ccc(OCCOc2cccc(C(F)(F)F)c2)cc1)CN1CCCC1. The number of aliphatic hydroxyl groups excluding tert-OH is 1. The van der Waals surface area contributed by atoms with Gasteiger partial charge < -0.3 is 30.0 Å². The van der Waals surface area contributed by atoms with E-state index in [9.17, 15) is 27.9 Å². The average Bonchev–Trinajstić information content (AvgIpc) is 3.55. The van der Waals surface area contributed by atoms with Crippen molar-refractivity contribution >= 4 is 11.7 Å². The Morgan fingerprint density at radius 1 is 0.870 bits per heavy atom. The van der Waals surface area contributed by atoms with Crippen molar-refractivity contribution in [3.05, 3.63) is 89.5 Å². The maximum Gasteiger partial charge on any atom is 0.416 e. The van der Waals surface area contributed by atoms with Crippen molar-refractivity contribution in [1.29, 1.82) is 0 Å². The molecule has 0 spiro atoms. The van der Waals surface area contributed by atoms with Crippen LogP contribution >= 0.6 is 0 Å². The summed E-state index contributed by atoms with van der Waals surface area (Å²) in [4.78, 5) is 24.5. The van der Waals surface area contributed by atoms with Crippen LogP contribution in [0.2, 0.25) is 0 Å². The number of primary amides is 1. The van der Waals surface area contributed by atoms with Crippen LogP contribution < -0.4 is 19.9 Å². The molecule has 1 aliphatic rings. The minimum Gasteiger partial charge on any atom is -0.497 e. The number of ketones is 1. The third kappa shape index (κ3) is 13.5. The van der Waals surface area contributed by atoms with Gasteiger partial charge in [-0.15, -0.1) is 0 Å². The highest BCUT2D eigenvalue weighted by Gasteiger charge is 2.30. The minimum atomic E-state index is -4.39. The molecule has 11 heteroatoms. The predicted molar refractivity (Wildman–Crippen MR) is 169 cm³/mol. The Balaban J connectivity index is 0.000000289. The summed E-state index contributed by atoms with van der Waals surface area (Å²) >= 11 is 0. The first kappa shape index (κ1) is 36.4. The summed E-state index contributed by atoms with van der Waals surface area (Å²) in [6, 6.07) is 19.3. The number of β-amino-alcohol motifs (C(OH)–C–C–N with tert-alkyl or cyclic N) is 1. The van der Waals surface area contributed by atoms with Gasteiger partial charge in [-0.05, 0) is 105 Å². The number of benzene rings is 3. The number of amides is 1. The number of carbonyl (C=O) groups excluding carboxylic acids is 2. The molecule has 1 amide bonds. The Morgan fingerprint density at radius 3 is 2.09 bits per heavy atom. The van der Waals surface area contributed by atoms with Crippen LogP contribution in [-0.2, 0) is 17.4 Å². The zero-order valence-electron chi connectivity index (χ0n) is 26.1. The number of hydrogen-bond acceptors (Lipinski definition) is 7. The Bertz CT molecular complexity index is 1340. The van der Waals surface area contributed by atoms with Crippen LogP contribution in [0.4, 0.5) is 13.2 Å². The van der Waals surface area contributed by atoms with E-state index in [0.717, 1.165) is 36.5 Å². The number of carbonyl (C=O) groups is 2. The smallest absolute Gasteiger partial charge is 0.416 e. The lowest BCUT2D eigenvalue weighted by atomic mass is 10.0. The number of nitrogens with two attached hydrogens (primary N) is 1. The van der Waals surface area contributed by atoms with E-state index in [2.05, 4.69) is 4.90 Å². The molecule has 1 unspecified atom stereocenters. The van der Waals surface area contributed by atoms with E-state index in [0.29, 0.717) is 50.0 Å². The molecule has 0 saturated carbocycles. The topological polar surface area (TPSA) is 111 Å². The van der Waals surface area contributed by atoms with E-state index in [-0.39, 0.29) is 36.8 Å². The lowest BCUT2D eigenvalue weighted by molar-refractivity contribution is -0.137. The van der Waals surface area contributed by atoms with Gasteiger partial charge in [-0.25, -0.2) is 0 Å². The largest absolute Gasteiger partial charge is 0.497 e. The molecule has 1 heterocycles. The molecule has 3 N–H and O–H groups in total. The Morgan fingerprint density at radius 2 is 1.48 bits per heavy atom. The molecule has 8 nitrogen and oxygen atoms in total. The second-order valence-electron chi connectivity index (χ2n) is 11.1. The van der Waals surface area contributed by atoms with Gasteiger partial charge in [0.25, 0.3) is 0 Å². The van der Waals surface area contributed by atoms with Crippen LogP contribution in [-0.4, -0.2) is 67.8 Å². The number of methoxy groups -OCH3 is 1. The number of Topliss-reactive ketones (excluding diaryl/α,β-unsaturated/α-hetero) is 1. The summed E-state index contributed by atoms with van der Waals surface area (Å²) in [6.45, 7) is 3.18. The van der Waals surface area contributed by atoms with Crippen molar-refractivity contribution < 1.29 is 42.1 Å². The normalized spacial score (nSPS) is 13.8. The number of rotatable bonds is 16. The first-order valence-corrected chi connectivity index (χ1v) is 15.4. The molecule has 3 aromatic rings. The highest BCUT2D eigenvalue weighted by Crippen LogP contribution is 2.31. The third-order valence-corrected chi connectivity index (χ3v) is 7.33. The maximum absolute atomic E-state index is 12.7. The molecule has 1 saturated heterocycles. The number of alkyl halides is 3. The standard InChI is InChI=1S/C22H26F3NO3.C13H17NO3/c23-22(24,25)18-4-3-5-21(15-18)29-13-12-28-20-8-6-17(7-9-20)14-19(27)16-26-10-1-2-11-26;1-17-11-8-6-10(7-9-11)12(15)4-2-3-5-13(14)16/h3-9,15,19,27H,1-2,10-14,16H2;6-9H,2-5H2,1H3,(H2,14,16).